The van der Waals surface area contributed by atoms with E-state index >= 15 is 0 Å². The van der Waals surface area contributed by atoms with Gasteiger partial charge in [-0.15, -0.1) is 0 Å². The fourth-order valence-corrected chi connectivity index (χ4v) is 1.61. The zero-order valence-corrected chi connectivity index (χ0v) is 7.40. The first kappa shape index (κ1) is 8.30. The van der Waals surface area contributed by atoms with Crippen LogP contribution in [0.25, 0.3) is 0 Å². The van der Waals surface area contributed by atoms with E-state index in [4.69, 9.17) is 4.74 Å². The van der Waals surface area contributed by atoms with E-state index in [0.717, 1.165) is 18.4 Å². The Morgan fingerprint density at radius 3 is 2.69 bits per heavy atom. The number of hydrogen-bond donors (Lipinski definition) is 0. The lowest BCUT2D eigenvalue weighted by Crippen LogP contribution is -2.16. The molecule has 1 fully saturated rings. The fourth-order valence-electron chi connectivity index (χ4n) is 1.61. The van der Waals surface area contributed by atoms with Crippen LogP contribution >= 0.6 is 0 Å². The van der Waals surface area contributed by atoms with Gasteiger partial charge in [0.15, 0.2) is 0 Å². The molecule has 0 radical (unpaired) electrons. The van der Waals surface area contributed by atoms with Crippen molar-refractivity contribution in [2.75, 3.05) is 0 Å². The van der Waals surface area contributed by atoms with Gasteiger partial charge in [-0.05, 0) is 18.4 Å². The second kappa shape index (κ2) is 3.60. The van der Waals surface area contributed by atoms with Crippen LogP contribution in [0.2, 0.25) is 0 Å². The Bertz CT molecular complexity index is 292. The van der Waals surface area contributed by atoms with E-state index in [2.05, 4.69) is 0 Å². The summed E-state index contributed by atoms with van der Waals surface area (Å²) in [5, 5.41) is 0. The molecule has 0 amide bonds. The summed E-state index contributed by atoms with van der Waals surface area (Å²) in [6.45, 7) is 0. The molecule has 0 aromatic heterocycles. The Labute approximate surface area is 77.5 Å². The van der Waals surface area contributed by atoms with Gasteiger partial charge in [0.1, 0.15) is 6.10 Å². The molecule has 2 rings (SSSR count). The third-order valence-corrected chi connectivity index (χ3v) is 2.29. The quantitative estimate of drug-likeness (QED) is 0.614. The lowest BCUT2D eigenvalue weighted by atomic mass is 10.0. The number of benzene rings is 1. The third-order valence-electron chi connectivity index (χ3n) is 2.29. The van der Waals surface area contributed by atoms with E-state index in [0.29, 0.717) is 6.42 Å². The molecule has 1 aromatic carbocycles. The molecule has 1 saturated heterocycles. The number of carbonyl (C=O) groups is 1. The largest absolute Gasteiger partial charge is 0.457 e. The van der Waals surface area contributed by atoms with Crippen molar-refractivity contribution < 1.29 is 9.53 Å². The van der Waals surface area contributed by atoms with Crippen molar-refractivity contribution in [3.05, 3.63) is 35.9 Å². The van der Waals surface area contributed by atoms with E-state index in [9.17, 15) is 4.79 Å². The van der Waals surface area contributed by atoms with Gasteiger partial charge in [0.2, 0.25) is 0 Å². The standard InChI is InChI=1S/C11H12O2/c12-11-8-4-7-10(13-11)9-5-2-1-3-6-9/h1-3,5-6,10H,4,7-8H2/t10-/m1/s1. The molecule has 1 aliphatic rings. The molecular formula is C11H12O2. The van der Waals surface area contributed by atoms with Gasteiger partial charge in [0.05, 0.1) is 0 Å². The highest BCUT2D eigenvalue weighted by atomic mass is 16.5. The molecule has 1 aliphatic heterocycles. The molecule has 1 atom stereocenters. The van der Waals surface area contributed by atoms with Crippen LogP contribution in [0.3, 0.4) is 0 Å². The number of carbonyl (C=O) groups excluding carboxylic acids is 1. The Balaban J connectivity index is 2.13. The summed E-state index contributed by atoms with van der Waals surface area (Å²) in [6, 6.07) is 9.91. The minimum Gasteiger partial charge on any atom is -0.457 e. The first-order valence-electron chi connectivity index (χ1n) is 4.61. The lowest BCUT2D eigenvalue weighted by Gasteiger charge is -2.22. The predicted molar refractivity (Wildman–Crippen MR) is 49.1 cm³/mol. The average molecular weight is 176 g/mol. The van der Waals surface area contributed by atoms with Crippen molar-refractivity contribution >= 4 is 5.97 Å². The zero-order valence-electron chi connectivity index (χ0n) is 7.40. The third kappa shape index (κ3) is 1.89. The fraction of sp³-hybridized carbons (Fsp3) is 0.364. The topological polar surface area (TPSA) is 26.3 Å². The average Bonchev–Trinajstić information content (AvgIpc) is 2.19. The molecule has 2 nitrogen and oxygen atoms in total. The molecule has 1 heterocycles. The van der Waals surface area contributed by atoms with Gasteiger partial charge in [0.25, 0.3) is 0 Å². The molecule has 0 aliphatic carbocycles. The molecule has 0 bridgehead atoms. The number of ether oxygens (including phenoxy) is 1. The SMILES string of the molecule is O=C1CCC[C@H](c2ccccc2)O1. The summed E-state index contributed by atoms with van der Waals surface area (Å²) in [5.41, 5.74) is 1.11. The highest BCUT2D eigenvalue weighted by Gasteiger charge is 2.21. The minimum absolute atomic E-state index is 0.0116. The maximum Gasteiger partial charge on any atom is 0.306 e. The molecule has 2 heteroatoms. The van der Waals surface area contributed by atoms with Gasteiger partial charge in [-0.25, -0.2) is 0 Å². The summed E-state index contributed by atoms with van der Waals surface area (Å²) < 4.78 is 5.23. The Kier molecular flexibility index (Phi) is 2.30. The zero-order chi connectivity index (χ0) is 9.10. The lowest BCUT2D eigenvalue weighted by molar-refractivity contribution is -0.154. The maximum atomic E-state index is 11.0. The first-order valence-corrected chi connectivity index (χ1v) is 4.61. The summed E-state index contributed by atoms with van der Waals surface area (Å²) in [5.74, 6) is -0.0693. The molecule has 0 N–H and O–H groups in total. The second-order valence-corrected chi connectivity index (χ2v) is 3.28. The normalized spacial score (nSPS) is 22.5. The highest BCUT2D eigenvalue weighted by molar-refractivity contribution is 5.70. The van der Waals surface area contributed by atoms with E-state index in [1.807, 2.05) is 30.3 Å². The Hall–Kier alpha value is -1.31. The molecule has 68 valence electrons. The molecule has 13 heavy (non-hydrogen) atoms. The van der Waals surface area contributed by atoms with Crippen LogP contribution in [0, 0.1) is 0 Å². The van der Waals surface area contributed by atoms with Crippen LogP contribution in [-0.4, -0.2) is 5.97 Å². The number of esters is 1. The van der Waals surface area contributed by atoms with Gasteiger partial charge in [-0.2, -0.15) is 0 Å². The first-order chi connectivity index (χ1) is 6.36. The number of rotatable bonds is 1. The number of hydrogen-bond acceptors (Lipinski definition) is 2. The minimum atomic E-state index is -0.0693. The van der Waals surface area contributed by atoms with Gasteiger partial charge >= 0.3 is 5.97 Å². The Morgan fingerprint density at radius 2 is 2.00 bits per heavy atom. The van der Waals surface area contributed by atoms with E-state index in [1.54, 1.807) is 0 Å². The van der Waals surface area contributed by atoms with E-state index in [1.165, 1.54) is 0 Å². The van der Waals surface area contributed by atoms with Crippen LogP contribution in [0.15, 0.2) is 30.3 Å². The summed E-state index contributed by atoms with van der Waals surface area (Å²) in [7, 11) is 0. The van der Waals surface area contributed by atoms with E-state index in [-0.39, 0.29) is 12.1 Å². The molecule has 0 spiro atoms. The van der Waals surface area contributed by atoms with Crippen molar-refractivity contribution in [3.63, 3.8) is 0 Å². The number of cyclic esters (lactones) is 1. The molecule has 0 saturated carbocycles. The monoisotopic (exact) mass is 176 g/mol. The van der Waals surface area contributed by atoms with Crippen molar-refractivity contribution in [1.82, 2.24) is 0 Å². The van der Waals surface area contributed by atoms with Crippen LogP contribution in [0.1, 0.15) is 30.9 Å². The van der Waals surface area contributed by atoms with Crippen molar-refractivity contribution in [2.45, 2.75) is 25.4 Å². The summed E-state index contributed by atoms with van der Waals surface area (Å²) >= 11 is 0. The van der Waals surface area contributed by atoms with Crippen LogP contribution in [0.5, 0.6) is 0 Å². The highest BCUT2D eigenvalue weighted by Crippen LogP contribution is 2.27. The van der Waals surface area contributed by atoms with Crippen LogP contribution in [0.4, 0.5) is 0 Å². The molecular weight excluding hydrogens is 164 g/mol. The van der Waals surface area contributed by atoms with E-state index < -0.39 is 0 Å². The van der Waals surface area contributed by atoms with Gasteiger partial charge in [-0.3, -0.25) is 4.79 Å². The van der Waals surface area contributed by atoms with Crippen LogP contribution < -0.4 is 0 Å². The van der Waals surface area contributed by atoms with Crippen molar-refractivity contribution in [1.29, 1.82) is 0 Å². The summed E-state index contributed by atoms with van der Waals surface area (Å²) in [4.78, 5) is 11.0. The predicted octanol–water partition coefficient (Wildman–Crippen LogP) is 2.45. The van der Waals surface area contributed by atoms with Gasteiger partial charge in [-0.1, -0.05) is 30.3 Å². The summed E-state index contributed by atoms with van der Waals surface area (Å²) in [6.07, 6.45) is 2.46. The molecule has 0 unspecified atom stereocenters. The van der Waals surface area contributed by atoms with Crippen molar-refractivity contribution in [2.24, 2.45) is 0 Å². The van der Waals surface area contributed by atoms with Crippen LogP contribution in [-0.2, 0) is 9.53 Å². The van der Waals surface area contributed by atoms with Gasteiger partial charge in [0, 0.05) is 6.42 Å². The second-order valence-electron chi connectivity index (χ2n) is 3.28. The van der Waals surface area contributed by atoms with Gasteiger partial charge < -0.3 is 4.74 Å². The maximum absolute atomic E-state index is 11.0. The Morgan fingerprint density at radius 1 is 1.23 bits per heavy atom. The van der Waals surface area contributed by atoms with Crippen molar-refractivity contribution in [3.8, 4) is 0 Å². The molecule has 1 aromatic rings. The smallest absolute Gasteiger partial charge is 0.306 e.